The molecule has 3 amide bonds. The van der Waals surface area contributed by atoms with Crippen molar-refractivity contribution in [3.8, 4) is 5.75 Å². The van der Waals surface area contributed by atoms with Crippen LogP contribution in [-0.2, 0) is 20.9 Å². The number of nitrogens with zero attached hydrogens (tertiary/aromatic N) is 4. The van der Waals surface area contributed by atoms with Gasteiger partial charge in [0.25, 0.3) is 0 Å². The number of hydrogen-bond donors (Lipinski definition) is 2. The Kier molecular flexibility index (Phi) is 12.6. The van der Waals surface area contributed by atoms with Crippen molar-refractivity contribution >= 4 is 17.9 Å². The molecule has 0 aliphatic rings. The van der Waals surface area contributed by atoms with Gasteiger partial charge in [0.1, 0.15) is 22.9 Å². The molecule has 218 valence electrons. The van der Waals surface area contributed by atoms with Crippen molar-refractivity contribution in [2.75, 3.05) is 13.7 Å². The van der Waals surface area contributed by atoms with Crippen LogP contribution in [0.3, 0.4) is 0 Å². The molecule has 0 saturated carbocycles. The Hall–Kier alpha value is -3.46. The summed E-state index contributed by atoms with van der Waals surface area (Å²) in [4.78, 5) is 44.8. The standard InChI is InChI=1S/C28H46N6O5/c1-11-19(4)22(16-30-33-29)31-25(36)28(8,9)34(17-20-12-14-21(38-10)15-13-20)24(35)23(18(2)3)32-26(37)39-27(5,6)7/h12-15,18-19,22-23H,11,16-17H2,1-10H3,(H,31,36)(H,32,37)/t19-,22+,23-/m0/s1. The fourth-order valence-corrected chi connectivity index (χ4v) is 3.82. The molecule has 11 heteroatoms. The third-order valence-corrected chi connectivity index (χ3v) is 6.59. The summed E-state index contributed by atoms with van der Waals surface area (Å²) in [6.07, 6.45) is 0.0446. The van der Waals surface area contributed by atoms with Gasteiger partial charge in [-0.05, 0) is 69.7 Å². The normalized spacial score (nSPS) is 13.9. The van der Waals surface area contributed by atoms with Crippen LogP contribution in [0.25, 0.3) is 10.4 Å². The van der Waals surface area contributed by atoms with E-state index in [-0.39, 0.29) is 24.9 Å². The van der Waals surface area contributed by atoms with Crippen LogP contribution in [-0.4, -0.2) is 59.7 Å². The minimum absolute atomic E-state index is 0.0400. The summed E-state index contributed by atoms with van der Waals surface area (Å²) in [6.45, 7) is 16.3. The largest absolute Gasteiger partial charge is 0.497 e. The van der Waals surface area contributed by atoms with E-state index in [9.17, 15) is 14.4 Å². The molecule has 0 saturated heterocycles. The average molecular weight is 547 g/mol. The van der Waals surface area contributed by atoms with E-state index in [1.165, 1.54) is 4.90 Å². The lowest BCUT2D eigenvalue weighted by Crippen LogP contribution is -2.63. The molecule has 0 aromatic heterocycles. The maximum Gasteiger partial charge on any atom is 0.408 e. The minimum Gasteiger partial charge on any atom is -0.497 e. The first-order valence-electron chi connectivity index (χ1n) is 13.3. The number of carbonyl (C=O) groups excluding carboxylic acids is 3. The Bertz CT molecular complexity index is 1010. The predicted molar refractivity (Wildman–Crippen MR) is 151 cm³/mol. The molecule has 11 nitrogen and oxygen atoms in total. The molecule has 0 aliphatic carbocycles. The van der Waals surface area contributed by atoms with Gasteiger partial charge in [0.2, 0.25) is 11.8 Å². The fourth-order valence-electron chi connectivity index (χ4n) is 3.82. The van der Waals surface area contributed by atoms with Gasteiger partial charge >= 0.3 is 6.09 Å². The summed E-state index contributed by atoms with van der Waals surface area (Å²) >= 11 is 0. The Morgan fingerprint density at radius 1 is 1.05 bits per heavy atom. The molecule has 3 atom stereocenters. The zero-order chi connectivity index (χ0) is 30.0. The number of hydrogen-bond acceptors (Lipinski definition) is 6. The molecular formula is C28H46N6O5. The van der Waals surface area contributed by atoms with E-state index >= 15 is 0 Å². The maximum absolute atomic E-state index is 14.1. The highest BCUT2D eigenvalue weighted by atomic mass is 16.6. The minimum atomic E-state index is -1.33. The van der Waals surface area contributed by atoms with E-state index in [1.807, 2.05) is 39.8 Å². The first kappa shape index (κ1) is 33.6. The lowest BCUT2D eigenvalue weighted by Gasteiger charge is -2.41. The van der Waals surface area contributed by atoms with Crippen molar-refractivity contribution in [2.45, 2.75) is 98.5 Å². The van der Waals surface area contributed by atoms with E-state index in [4.69, 9.17) is 15.0 Å². The first-order valence-corrected chi connectivity index (χ1v) is 13.3. The Morgan fingerprint density at radius 3 is 2.10 bits per heavy atom. The van der Waals surface area contributed by atoms with Gasteiger partial charge in [0, 0.05) is 24.0 Å². The van der Waals surface area contributed by atoms with Crippen LogP contribution in [0.5, 0.6) is 5.75 Å². The van der Waals surface area contributed by atoms with Gasteiger partial charge in [0.15, 0.2) is 0 Å². The number of rotatable bonds is 13. The number of ether oxygens (including phenoxy) is 2. The van der Waals surface area contributed by atoms with Gasteiger partial charge in [-0.1, -0.05) is 51.4 Å². The fraction of sp³-hybridized carbons (Fsp3) is 0.679. The number of azide groups is 1. The third kappa shape index (κ3) is 10.3. The summed E-state index contributed by atoms with van der Waals surface area (Å²) in [5, 5.41) is 9.36. The van der Waals surface area contributed by atoms with Gasteiger partial charge < -0.3 is 25.0 Å². The summed E-state index contributed by atoms with van der Waals surface area (Å²) in [6, 6.07) is 5.85. The highest BCUT2D eigenvalue weighted by Crippen LogP contribution is 2.24. The predicted octanol–water partition coefficient (Wildman–Crippen LogP) is 5.19. The zero-order valence-corrected chi connectivity index (χ0v) is 25.1. The molecule has 0 spiro atoms. The van der Waals surface area contributed by atoms with Gasteiger partial charge in [-0.2, -0.15) is 0 Å². The van der Waals surface area contributed by atoms with Crippen LogP contribution in [0.1, 0.15) is 74.3 Å². The van der Waals surface area contributed by atoms with E-state index in [1.54, 1.807) is 53.9 Å². The highest BCUT2D eigenvalue weighted by Gasteiger charge is 2.42. The van der Waals surface area contributed by atoms with Gasteiger partial charge in [0.05, 0.1) is 7.11 Å². The van der Waals surface area contributed by atoms with Crippen LogP contribution in [0.2, 0.25) is 0 Å². The molecule has 0 heterocycles. The molecule has 2 N–H and O–H groups in total. The summed E-state index contributed by atoms with van der Waals surface area (Å²) in [5.74, 6) is -0.419. The second-order valence-electron chi connectivity index (χ2n) is 11.6. The number of carbonyl (C=O) groups is 3. The lowest BCUT2D eigenvalue weighted by atomic mass is 9.93. The number of methoxy groups -OCH3 is 1. The van der Waals surface area contributed by atoms with Crippen LogP contribution in [0.15, 0.2) is 29.4 Å². The van der Waals surface area contributed by atoms with Crippen LogP contribution < -0.4 is 15.4 Å². The van der Waals surface area contributed by atoms with Gasteiger partial charge in [-0.3, -0.25) is 9.59 Å². The van der Waals surface area contributed by atoms with Crippen molar-refractivity contribution < 1.29 is 23.9 Å². The summed E-state index contributed by atoms with van der Waals surface area (Å²) < 4.78 is 10.6. The summed E-state index contributed by atoms with van der Waals surface area (Å²) in [7, 11) is 1.57. The van der Waals surface area contributed by atoms with Crippen molar-refractivity contribution in [3.05, 3.63) is 40.3 Å². The number of amides is 3. The smallest absolute Gasteiger partial charge is 0.408 e. The molecule has 0 bridgehead atoms. The Morgan fingerprint density at radius 2 is 1.64 bits per heavy atom. The van der Waals surface area contributed by atoms with Crippen LogP contribution in [0, 0.1) is 11.8 Å². The van der Waals surface area contributed by atoms with E-state index in [0.717, 1.165) is 12.0 Å². The molecule has 39 heavy (non-hydrogen) atoms. The Balaban J connectivity index is 3.45. The second kappa shape index (κ2) is 14.6. The SMILES string of the molecule is CC[C@H](C)[C@@H](CN=[N+]=[N-])NC(=O)C(C)(C)N(Cc1ccc(OC)cc1)C(=O)[C@@H](NC(=O)OC(C)(C)C)C(C)C. The molecule has 0 aliphatic heterocycles. The first-order chi connectivity index (χ1) is 18.1. The monoisotopic (exact) mass is 546 g/mol. The maximum atomic E-state index is 14.1. The number of benzene rings is 1. The molecular weight excluding hydrogens is 500 g/mol. The van der Waals surface area contributed by atoms with Crippen LogP contribution in [0.4, 0.5) is 4.79 Å². The quantitative estimate of drug-likeness (QED) is 0.198. The number of alkyl carbamates (subject to hydrolysis) is 1. The number of nitrogens with one attached hydrogen (secondary N) is 2. The van der Waals surface area contributed by atoms with E-state index in [0.29, 0.717) is 5.75 Å². The highest BCUT2D eigenvalue weighted by molar-refractivity contribution is 5.94. The average Bonchev–Trinajstić information content (AvgIpc) is 2.86. The topological polar surface area (TPSA) is 146 Å². The van der Waals surface area contributed by atoms with Crippen molar-refractivity contribution in [1.29, 1.82) is 0 Å². The lowest BCUT2D eigenvalue weighted by molar-refractivity contribution is -0.149. The molecule has 1 aromatic carbocycles. The van der Waals surface area contributed by atoms with Gasteiger partial charge in [-0.25, -0.2) is 4.79 Å². The van der Waals surface area contributed by atoms with E-state index in [2.05, 4.69) is 20.7 Å². The summed E-state index contributed by atoms with van der Waals surface area (Å²) in [5.41, 5.74) is 7.52. The molecule has 1 aromatic rings. The van der Waals surface area contributed by atoms with Crippen LogP contribution >= 0.6 is 0 Å². The molecule has 0 fully saturated rings. The van der Waals surface area contributed by atoms with Crippen molar-refractivity contribution in [3.63, 3.8) is 0 Å². The molecule has 0 radical (unpaired) electrons. The second-order valence-corrected chi connectivity index (χ2v) is 11.6. The van der Waals surface area contributed by atoms with E-state index < -0.39 is 41.1 Å². The van der Waals surface area contributed by atoms with Crippen molar-refractivity contribution in [2.24, 2.45) is 17.0 Å². The Labute approximate surface area is 232 Å². The molecule has 0 unspecified atom stereocenters. The van der Waals surface area contributed by atoms with Crippen molar-refractivity contribution in [1.82, 2.24) is 15.5 Å². The molecule has 1 rings (SSSR count). The zero-order valence-electron chi connectivity index (χ0n) is 25.1. The third-order valence-electron chi connectivity index (χ3n) is 6.59. The van der Waals surface area contributed by atoms with Gasteiger partial charge in [-0.15, -0.1) is 0 Å².